The lowest BCUT2D eigenvalue weighted by atomic mass is 10.0. The fraction of sp³-hybridized carbons (Fsp3) is 0.429. The Bertz CT molecular complexity index is 1620. The van der Waals surface area contributed by atoms with E-state index in [0.717, 1.165) is 48.4 Å². The zero-order chi connectivity index (χ0) is 33.4. The monoisotopic (exact) mass is 672 g/mol. The number of rotatable bonds is 7. The number of carbonyl (C=O) groups excluding carboxylic acids is 1. The van der Waals surface area contributed by atoms with E-state index in [1.165, 1.54) is 17.0 Å². The maximum absolute atomic E-state index is 13.5. The van der Waals surface area contributed by atoms with E-state index in [9.17, 15) is 31.1 Å². The molecule has 0 saturated carbocycles. The number of piperazine rings is 1. The minimum Gasteiger partial charge on any atom is -0.497 e. The van der Waals surface area contributed by atoms with Crippen molar-refractivity contribution in [1.82, 2.24) is 14.8 Å². The van der Waals surface area contributed by atoms with Crippen molar-refractivity contribution >= 4 is 42.9 Å². The Morgan fingerprint density at radius 1 is 1.00 bits per heavy atom. The molecular weight excluding hydrogens is 635 g/mol. The van der Waals surface area contributed by atoms with Crippen LogP contribution in [0.4, 0.5) is 14.9 Å². The van der Waals surface area contributed by atoms with Crippen LogP contribution < -0.4 is 9.64 Å². The third-order valence-electron chi connectivity index (χ3n) is 6.69. The van der Waals surface area contributed by atoms with Gasteiger partial charge in [0.15, 0.2) is 0 Å². The number of anilines is 1. The maximum Gasteiger partial charge on any atom is 0.414 e. The average Bonchev–Trinajstić information content (AvgIpc) is 3.31. The van der Waals surface area contributed by atoms with Gasteiger partial charge in [0.1, 0.15) is 17.7 Å². The van der Waals surface area contributed by atoms with Crippen LogP contribution in [-0.2, 0) is 25.0 Å². The molecule has 0 radical (unpaired) electrons. The molecule has 3 heterocycles. The number of fused-ring (bicyclic) bond motifs is 1. The molecule has 3 N–H and O–H groups in total. The smallest absolute Gasteiger partial charge is 0.414 e. The van der Waals surface area contributed by atoms with Crippen LogP contribution in [0.2, 0.25) is 0 Å². The average molecular weight is 673 g/mol. The highest BCUT2D eigenvalue weighted by molar-refractivity contribution is 7.85. The molecular formula is C28H37FN4O10S2. The van der Waals surface area contributed by atoms with Gasteiger partial charge in [0.2, 0.25) is 0 Å². The highest BCUT2D eigenvalue weighted by Gasteiger charge is 2.34. The number of β-amino-alcohol motifs (C(OH)–C–C–N with tert-alkyl or cyclic N) is 1. The summed E-state index contributed by atoms with van der Waals surface area (Å²) in [6, 6.07) is 13.5. The second-order valence-electron chi connectivity index (χ2n) is 10.5. The first-order valence-corrected chi connectivity index (χ1v) is 17.3. The molecule has 14 nitrogen and oxygen atoms in total. The topological polar surface area (TPSA) is 187 Å². The number of nitrogens with zero attached hydrogens (tertiary/aromatic N) is 4. The number of cyclic esters (lactones) is 1. The number of aliphatic hydroxyl groups excluding tert-OH is 1. The van der Waals surface area contributed by atoms with E-state index in [2.05, 4.69) is 14.8 Å². The third kappa shape index (κ3) is 12.5. The first kappa shape index (κ1) is 36.0. The van der Waals surface area contributed by atoms with Gasteiger partial charge >= 0.3 is 6.09 Å². The Kier molecular flexibility index (Phi) is 12.6. The Balaban J connectivity index is 0.000000482. The Morgan fingerprint density at radius 3 is 2.22 bits per heavy atom. The first-order chi connectivity index (χ1) is 21.0. The van der Waals surface area contributed by atoms with E-state index < -0.39 is 32.4 Å². The predicted octanol–water partition coefficient (Wildman–Crippen LogP) is 2.07. The van der Waals surface area contributed by atoms with Crippen molar-refractivity contribution in [2.45, 2.75) is 12.2 Å². The van der Waals surface area contributed by atoms with E-state index in [1.807, 2.05) is 24.3 Å². The Hall–Kier alpha value is -3.45. The van der Waals surface area contributed by atoms with Crippen LogP contribution in [0.3, 0.4) is 0 Å². The zero-order valence-corrected chi connectivity index (χ0v) is 26.6. The van der Waals surface area contributed by atoms with Crippen LogP contribution in [0.25, 0.3) is 10.9 Å². The second kappa shape index (κ2) is 15.7. The summed E-state index contributed by atoms with van der Waals surface area (Å²) < 4.78 is 76.2. The fourth-order valence-electron chi connectivity index (χ4n) is 4.82. The highest BCUT2D eigenvalue weighted by atomic mass is 32.2. The van der Waals surface area contributed by atoms with E-state index in [0.29, 0.717) is 37.8 Å². The first-order valence-electron chi connectivity index (χ1n) is 13.6. The van der Waals surface area contributed by atoms with Crippen molar-refractivity contribution in [2.24, 2.45) is 0 Å². The summed E-state index contributed by atoms with van der Waals surface area (Å²) in [4.78, 5) is 22.7. The molecule has 2 aliphatic rings. The molecule has 0 aliphatic carbocycles. The van der Waals surface area contributed by atoms with Crippen molar-refractivity contribution in [1.29, 1.82) is 0 Å². The molecule has 17 heteroatoms. The van der Waals surface area contributed by atoms with Crippen LogP contribution in [-0.4, -0.2) is 123 Å². The second-order valence-corrected chi connectivity index (χ2v) is 13.4. The third-order valence-corrected chi connectivity index (χ3v) is 6.69. The lowest BCUT2D eigenvalue weighted by molar-refractivity contribution is 0.0525. The molecule has 2 fully saturated rings. The van der Waals surface area contributed by atoms with Crippen LogP contribution in [0, 0.1) is 5.82 Å². The molecule has 3 aromatic rings. The fourth-order valence-corrected chi connectivity index (χ4v) is 4.82. The number of hydrogen-bond acceptors (Lipinski definition) is 11. The summed E-state index contributed by atoms with van der Waals surface area (Å²) in [5, 5.41) is 11.9. The normalized spacial score (nSPS) is 18.3. The number of carbonyl (C=O) groups is 1. The van der Waals surface area contributed by atoms with Crippen molar-refractivity contribution in [3.8, 4) is 5.75 Å². The minimum absolute atomic E-state index is 0.263. The standard InChI is InChI=1S/C26H29FN4O4.2CH4O3S/c1-34-20-5-6-24-23(14-20)22(7-8-28-24)25(32)17-30-11-9-29(10-12-30)15-21-16-31(26(33)35-21)19-4-2-3-18(27)13-19;2*1-5(2,3)4/h2-8,13-14,21,25,32H,9-12,15-17H2,1H3;2*1H3,(H,2,3,4). The van der Waals surface area contributed by atoms with Crippen LogP contribution >= 0.6 is 0 Å². The van der Waals surface area contributed by atoms with Crippen molar-refractivity contribution < 1.29 is 49.7 Å². The number of amides is 1. The molecule has 0 bridgehead atoms. The van der Waals surface area contributed by atoms with Crippen LogP contribution in [0.1, 0.15) is 11.7 Å². The molecule has 2 aromatic carbocycles. The van der Waals surface area contributed by atoms with Crippen LogP contribution in [0.5, 0.6) is 5.75 Å². The van der Waals surface area contributed by atoms with Crippen molar-refractivity contribution in [3.63, 3.8) is 0 Å². The number of benzene rings is 2. The number of ether oxygens (including phenoxy) is 2. The number of aliphatic hydroxyl groups is 1. The lowest BCUT2D eigenvalue weighted by Gasteiger charge is -2.36. The predicted molar refractivity (Wildman–Crippen MR) is 165 cm³/mol. The van der Waals surface area contributed by atoms with Gasteiger partial charge in [-0.15, -0.1) is 0 Å². The molecule has 2 saturated heterocycles. The molecule has 5 rings (SSSR count). The SMILES string of the molecule is COc1ccc2nccc(C(O)CN3CCN(CC4CN(c5cccc(F)c5)C(=O)O4)CC3)c2c1.CS(=O)(=O)O.CS(=O)(=O)O. The molecule has 1 aromatic heterocycles. The zero-order valence-electron chi connectivity index (χ0n) is 25.0. The van der Waals surface area contributed by atoms with Gasteiger partial charge in [-0.3, -0.25) is 28.8 Å². The molecule has 45 heavy (non-hydrogen) atoms. The van der Waals surface area contributed by atoms with Crippen molar-refractivity contribution in [2.75, 3.05) is 70.3 Å². The van der Waals surface area contributed by atoms with Gasteiger partial charge in [-0.05, 0) is 48.0 Å². The molecule has 2 atom stereocenters. The Morgan fingerprint density at radius 2 is 1.62 bits per heavy atom. The van der Waals surface area contributed by atoms with Crippen molar-refractivity contribution in [3.05, 3.63) is 66.1 Å². The number of pyridine rings is 1. The van der Waals surface area contributed by atoms with E-state index in [4.69, 9.17) is 18.6 Å². The molecule has 0 spiro atoms. The van der Waals surface area contributed by atoms with Gasteiger partial charge in [0.25, 0.3) is 20.2 Å². The maximum atomic E-state index is 13.5. The van der Waals surface area contributed by atoms with E-state index >= 15 is 0 Å². The number of methoxy groups -OCH3 is 1. The van der Waals surface area contributed by atoms with Crippen LogP contribution in [0.15, 0.2) is 54.7 Å². The molecule has 1 amide bonds. The van der Waals surface area contributed by atoms with Gasteiger partial charge in [0, 0.05) is 50.9 Å². The minimum atomic E-state index is -3.67. The summed E-state index contributed by atoms with van der Waals surface area (Å²) in [7, 11) is -5.71. The van der Waals surface area contributed by atoms with Gasteiger partial charge < -0.3 is 14.6 Å². The highest BCUT2D eigenvalue weighted by Crippen LogP contribution is 2.28. The molecule has 2 unspecified atom stereocenters. The summed E-state index contributed by atoms with van der Waals surface area (Å²) >= 11 is 0. The van der Waals surface area contributed by atoms with Gasteiger partial charge in [-0.1, -0.05) is 6.07 Å². The summed E-state index contributed by atoms with van der Waals surface area (Å²) in [6.07, 6.45) is 1.81. The molecule has 2 aliphatic heterocycles. The molecule has 248 valence electrons. The number of hydrogen-bond donors (Lipinski definition) is 3. The van der Waals surface area contributed by atoms with Gasteiger partial charge in [-0.2, -0.15) is 16.8 Å². The van der Waals surface area contributed by atoms with E-state index in [1.54, 1.807) is 25.4 Å². The van der Waals surface area contributed by atoms with Gasteiger partial charge in [-0.25, -0.2) is 9.18 Å². The number of aromatic nitrogens is 1. The Labute approximate surface area is 261 Å². The quantitative estimate of drug-likeness (QED) is 0.310. The number of halogens is 1. The summed E-state index contributed by atoms with van der Waals surface area (Å²) in [5.74, 6) is 0.354. The largest absolute Gasteiger partial charge is 0.497 e. The van der Waals surface area contributed by atoms with Gasteiger partial charge in [0.05, 0.1) is 43.5 Å². The lowest BCUT2D eigenvalue weighted by Crippen LogP contribution is -2.49. The summed E-state index contributed by atoms with van der Waals surface area (Å²) in [5.41, 5.74) is 2.18. The van der Waals surface area contributed by atoms with E-state index in [-0.39, 0.29) is 11.9 Å². The summed E-state index contributed by atoms with van der Waals surface area (Å²) in [6.45, 7) is 4.78.